The van der Waals surface area contributed by atoms with E-state index in [-0.39, 0.29) is 29.3 Å². The molecule has 1 aliphatic heterocycles. The number of rotatable bonds is 4. The number of amides is 1. The maximum Gasteiger partial charge on any atom is 0.232 e. The topological polar surface area (TPSA) is 55.8 Å². The van der Waals surface area contributed by atoms with Crippen LogP contribution in [-0.4, -0.2) is 25.9 Å². The molecule has 0 saturated carbocycles. The molecule has 0 N–H and O–H groups in total. The molecule has 2 aliphatic rings. The van der Waals surface area contributed by atoms with E-state index in [0.29, 0.717) is 41.3 Å². The number of benzene rings is 2. The normalized spacial score (nSPS) is 20.5. The van der Waals surface area contributed by atoms with Crippen LogP contribution < -0.4 is 14.4 Å². The Balaban J connectivity index is 1.90. The van der Waals surface area contributed by atoms with Gasteiger partial charge in [-0.15, -0.1) is 0 Å². The van der Waals surface area contributed by atoms with Crippen LogP contribution in [-0.2, 0) is 9.59 Å². The number of ketones is 1. The van der Waals surface area contributed by atoms with E-state index in [1.165, 1.54) is 12.1 Å². The van der Waals surface area contributed by atoms with E-state index < -0.39 is 5.92 Å². The van der Waals surface area contributed by atoms with E-state index in [2.05, 4.69) is 0 Å². The van der Waals surface area contributed by atoms with Crippen molar-refractivity contribution in [2.45, 2.75) is 39.0 Å². The fraction of sp³-hybridized carbons (Fsp3) is 0.360. The molecular weight excluding hydrogens is 397 g/mol. The van der Waals surface area contributed by atoms with E-state index in [1.807, 2.05) is 26.0 Å². The van der Waals surface area contributed by atoms with Crippen molar-refractivity contribution < 1.29 is 23.5 Å². The zero-order valence-corrected chi connectivity index (χ0v) is 18.2. The summed E-state index contributed by atoms with van der Waals surface area (Å²) < 4.78 is 24.4. The van der Waals surface area contributed by atoms with Gasteiger partial charge in [0, 0.05) is 47.3 Å². The maximum atomic E-state index is 13.5. The third-order valence-electron chi connectivity index (χ3n) is 6.04. The van der Waals surface area contributed by atoms with Gasteiger partial charge in [-0.2, -0.15) is 0 Å². The van der Waals surface area contributed by atoms with Crippen molar-refractivity contribution in [1.29, 1.82) is 0 Å². The zero-order valence-electron chi connectivity index (χ0n) is 18.2. The summed E-state index contributed by atoms with van der Waals surface area (Å²) in [5.41, 5.74) is 2.43. The SMILES string of the molecule is COc1ccc([C@@H]2CC(=O)N(c3ccc(F)cc3)C3=C2C(=O)CC(C)(C)C3)c(OC)c1. The highest BCUT2D eigenvalue weighted by molar-refractivity contribution is 6.08. The van der Waals surface area contributed by atoms with Crippen molar-refractivity contribution in [2.75, 3.05) is 19.1 Å². The van der Waals surface area contributed by atoms with Gasteiger partial charge in [-0.3, -0.25) is 14.5 Å². The quantitative estimate of drug-likeness (QED) is 0.694. The number of anilines is 1. The van der Waals surface area contributed by atoms with Crippen LogP contribution in [0, 0.1) is 11.2 Å². The first kappa shape index (κ1) is 21.1. The highest BCUT2D eigenvalue weighted by Crippen LogP contribution is 2.49. The Bertz CT molecular complexity index is 1070. The number of ether oxygens (including phenoxy) is 2. The number of carbonyl (C=O) groups excluding carboxylic acids is 2. The summed E-state index contributed by atoms with van der Waals surface area (Å²) >= 11 is 0. The summed E-state index contributed by atoms with van der Waals surface area (Å²) in [5, 5.41) is 0. The van der Waals surface area contributed by atoms with Crippen LogP contribution >= 0.6 is 0 Å². The van der Waals surface area contributed by atoms with Gasteiger partial charge in [-0.25, -0.2) is 4.39 Å². The molecule has 0 fully saturated rings. The Morgan fingerprint density at radius 2 is 1.71 bits per heavy atom. The molecular formula is C25H26FNO4. The molecule has 2 aromatic rings. The number of allylic oxidation sites excluding steroid dienone is 2. The van der Waals surface area contributed by atoms with Crippen LogP contribution in [0.4, 0.5) is 10.1 Å². The van der Waals surface area contributed by atoms with Gasteiger partial charge in [-0.05, 0) is 42.2 Å². The molecule has 2 aromatic carbocycles. The molecule has 4 rings (SSSR count). The largest absolute Gasteiger partial charge is 0.497 e. The molecule has 0 saturated heterocycles. The molecule has 0 radical (unpaired) electrons. The number of hydrogen-bond acceptors (Lipinski definition) is 4. The fourth-order valence-electron chi connectivity index (χ4n) is 4.68. The van der Waals surface area contributed by atoms with Crippen LogP contribution in [0.1, 0.15) is 44.6 Å². The van der Waals surface area contributed by atoms with Crippen LogP contribution in [0.3, 0.4) is 0 Å². The number of methoxy groups -OCH3 is 2. The first-order chi connectivity index (χ1) is 14.7. The second-order valence-electron chi connectivity index (χ2n) is 8.87. The van der Waals surface area contributed by atoms with E-state index >= 15 is 0 Å². The van der Waals surface area contributed by atoms with Gasteiger partial charge >= 0.3 is 0 Å². The minimum Gasteiger partial charge on any atom is -0.497 e. The fourth-order valence-corrected chi connectivity index (χ4v) is 4.68. The van der Waals surface area contributed by atoms with Crippen molar-refractivity contribution in [2.24, 2.45) is 5.41 Å². The molecule has 0 bridgehead atoms. The molecule has 0 unspecified atom stereocenters. The van der Waals surface area contributed by atoms with E-state index in [4.69, 9.17) is 9.47 Å². The molecule has 1 heterocycles. The van der Waals surface area contributed by atoms with Crippen molar-refractivity contribution >= 4 is 17.4 Å². The third kappa shape index (κ3) is 3.82. The second kappa shape index (κ2) is 7.84. The van der Waals surface area contributed by atoms with E-state index in [1.54, 1.807) is 37.3 Å². The van der Waals surface area contributed by atoms with Gasteiger partial charge in [0.2, 0.25) is 5.91 Å². The average molecular weight is 423 g/mol. The van der Waals surface area contributed by atoms with Gasteiger partial charge in [0.05, 0.1) is 14.2 Å². The van der Waals surface area contributed by atoms with Gasteiger partial charge in [-0.1, -0.05) is 19.9 Å². The lowest BCUT2D eigenvalue weighted by Gasteiger charge is -2.43. The smallest absolute Gasteiger partial charge is 0.232 e. The van der Waals surface area contributed by atoms with Crippen LogP contribution in [0.15, 0.2) is 53.7 Å². The number of hydrogen-bond donors (Lipinski definition) is 0. The highest BCUT2D eigenvalue weighted by Gasteiger charge is 2.45. The van der Waals surface area contributed by atoms with E-state index in [9.17, 15) is 14.0 Å². The van der Waals surface area contributed by atoms with Gasteiger partial charge in [0.15, 0.2) is 5.78 Å². The average Bonchev–Trinajstić information content (AvgIpc) is 2.72. The first-order valence-electron chi connectivity index (χ1n) is 10.3. The lowest BCUT2D eigenvalue weighted by atomic mass is 9.69. The molecule has 0 spiro atoms. The van der Waals surface area contributed by atoms with Crippen molar-refractivity contribution in [3.8, 4) is 11.5 Å². The second-order valence-corrected chi connectivity index (χ2v) is 8.87. The van der Waals surface area contributed by atoms with Gasteiger partial charge < -0.3 is 9.47 Å². The summed E-state index contributed by atoms with van der Waals surface area (Å²) in [4.78, 5) is 28.3. The summed E-state index contributed by atoms with van der Waals surface area (Å²) in [6.07, 6.45) is 1.11. The molecule has 31 heavy (non-hydrogen) atoms. The minimum absolute atomic E-state index is 0.0359. The number of nitrogens with zero attached hydrogens (tertiary/aromatic N) is 1. The maximum absolute atomic E-state index is 13.5. The van der Waals surface area contributed by atoms with Crippen LogP contribution in [0.5, 0.6) is 11.5 Å². The molecule has 5 nitrogen and oxygen atoms in total. The predicted molar refractivity (Wildman–Crippen MR) is 116 cm³/mol. The molecule has 6 heteroatoms. The lowest BCUT2D eigenvalue weighted by Crippen LogP contribution is -2.43. The molecule has 1 aliphatic carbocycles. The van der Waals surface area contributed by atoms with Crippen LogP contribution in [0.25, 0.3) is 0 Å². The molecule has 1 amide bonds. The molecule has 162 valence electrons. The first-order valence-corrected chi connectivity index (χ1v) is 10.3. The third-order valence-corrected chi connectivity index (χ3v) is 6.04. The number of carbonyl (C=O) groups is 2. The molecule has 0 aromatic heterocycles. The summed E-state index contributed by atoms with van der Waals surface area (Å²) in [6.45, 7) is 4.05. The standard InChI is InChI=1S/C25H26FNO4/c1-25(2)13-20-24(21(28)14-25)19(18-10-9-17(30-3)11-22(18)31-4)12-23(29)27(20)16-7-5-15(26)6-8-16/h5-11,19H,12-14H2,1-4H3/t19-/m0/s1. The van der Waals surface area contributed by atoms with Crippen molar-refractivity contribution in [1.82, 2.24) is 0 Å². The monoisotopic (exact) mass is 423 g/mol. The van der Waals surface area contributed by atoms with Crippen molar-refractivity contribution in [3.05, 3.63) is 65.1 Å². The van der Waals surface area contributed by atoms with Crippen molar-refractivity contribution in [3.63, 3.8) is 0 Å². The Morgan fingerprint density at radius 1 is 1.00 bits per heavy atom. The summed E-state index contributed by atoms with van der Waals surface area (Å²) in [6, 6.07) is 11.3. The highest BCUT2D eigenvalue weighted by atomic mass is 19.1. The van der Waals surface area contributed by atoms with Gasteiger partial charge in [0.25, 0.3) is 0 Å². The predicted octanol–water partition coefficient (Wildman–Crippen LogP) is 5.01. The summed E-state index contributed by atoms with van der Waals surface area (Å²) in [5.74, 6) is 0.359. The molecule has 1 atom stereocenters. The Kier molecular flexibility index (Phi) is 5.33. The number of halogens is 1. The number of Topliss-reactive ketones (excluding diaryl/α,β-unsaturated/α-hetero) is 1. The van der Waals surface area contributed by atoms with Crippen LogP contribution in [0.2, 0.25) is 0 Å². The van der Waals surface area contributed by atoms with E-state index in [0.717, 1.165) is 5.56 Å². The lowest BCUT2D eigenvalue weighted by molar-refractivity contribution is -0.121. The Labute approximate surface area is 181 Å². The minimum atomic E-state index is -0.399. The zero-order chi connectivity index (χ0) is 22.3. The Hall–Kier alpha value is -3.15. The Morgan fingerprint density at radius 3 is 2.35 bits per heavy atom. The van der Waals surface area contributed by atoms with Gasteiger partial charge in [0.1, 0.15) is 17.3 Å². The summed E-state index contributed by atoms with van der Waals surface area (Å²) in [7, 11) is 3.14.